The zero-order valence-electron chi connectivity index (χ0n) is 21.6. The molecule has 0 fully saturated rings. The summed E-state index contributed by atoms with van der Waals surface area (Å²) < 4.78 is 2.73. The van der Waals surface area contributed by atoms with Crippen LogP contribution >= 0.6 is 45.2 Å². The van der Waals surface area contributed by atoms with Crippen LogP contribution in [0.25, 0.3) is 0 Å². The van der Waals surface area contributed by atoms with E-state index in [0.717, 1.165) is 0 Å². The van der Waals surface area contributed by atoms with E-state index in [1.54, 1.807) is 0 Å². The predicted octanol–water partition coefficient (Wildman–Crippen LogP) is 12.2. The summed E-state index contributed by atoms with van der Waals surface area (Å²) in [6.45, 7) is 4.62. The Labute approximate surface area is 225 Å². The molecule has 0 aromatic rings. The summed E-state index contributed by atoms with van der Waals surface area (Å²) in [6, 6.07) is 0. The summed E-state index contributed by atoms with van der Waals surface area (Å²) in [7, 11) is 0. The number of unbranched alkanes of at least 4 members (excludes halogenated alkanes) is 20. The van der Waals surface area contributed by atoms with Crippen LogP contribution in [0, 0.1) is 5.41 Å². The zero-order valence-corrected chi connectivity index (χ0v) is 26.0. The molecule has 0 aromatic heterocycles. The largest absolute Gasteiger partial charge is 0.0857 e. The highest BCUT2D eigenvalue weighted by Gasteiger charge is 2.26. The quantitative estimate of drug-likeness (QED) is 0.0492. The first-order valence-electron chi connectivity index (χ1n) is 14.4. The Morgan fingerprint density at radius 3 is 0.806 bits per heavy atom. The van der Waals surface area contributed by atoms with Crippen LogP contribution in [0.15, 0.2) is 0 Å². The molecular weight excluding hydrogens is 602 g/mol. The molecule has 0 spiro atoms. The molecule has 31 heavy (non-hydrogen) atoms. The maximum Gasteiger partial charge on any atom is 0.00593 e. The second-order valence-corrected chi connectivity index (χ2v) is 11.9. The topological polar surface area (TPSA) is 0 Å². The molecule has 0 atom stereocenters. The van der Waals surface area contributed by atoms with Crippen LogP contribution in [-0.4, -0.2) is 8.86 Å². The lowest BCUT2D eigenvalue weighted by atomic mass is 9.81. The Bertz CT molecular complexity index is 297. The fourth-order valence-electron chi connectivity index (χ4n) is 4.76. The van der Waals surface area contributed by atoms with Gasteiger partial charge in [-0.3, -0.25) is 0 Å². The third-order valence-electron chi connectivity index (χ3n) is 7.19. The zero-order chi connectivity index (χ0) is 22.9. The molecule has 0 amide bonds. The molecule has 188 valence electrons. The van der Waals surface area contributed by atoms with Crippen molar-refractivity contribution in [2.24, 2.45) is 5.41 Å². The van der Waals surface area contributed by atoms with Gasteiger partial charge in [-0.05, 0) is 18.3 Å². The molecule has 0 saturated carbocycles. The molecule has 0 radical (unpaired) electrons. The summed E-state index contributed by atoms with van der Waals surface area (Å²) in [4.78, 5) is 0. The van der Waals surface area contributed by atoms with Crippen LogP contribution < -0.4 is 0 Å². The van der Waals surface area contributed by atoms with Gasteiger partial charge in [0.05, 0.1) is 0 Å². The van der Waals surface area contributed by atoms with Gasteiger partial charge in [-0.15, -0.1) is 0 Å². The van der Waals surface area contributed by atoms with E-state index in [-0.39, 0.29) is 0 Å². The van der Waals surface area contributed by atoms with Crippen LogP contribution in [0.5, 0.6) is 0 Å². The van der Waals surface area contributed by atoms with Crippen molar-refractivity contribution in [2.75, 3.05) is 8.86 Å². The highest BCUT2D eigenvalue weighted by molar-refractivity contribution is 14.1. The van der Waals surface area contributed by atoms with E-state index in [2.05, 4.69) is 59.0 Å². The smallest absolute Gasteiger partial charge is 0.00593 e. The molecule has 0 nitrogen and oxygen atoms in total. The first kappa shape index (κ1) is 32.5. The molecule has 0 aliphatic heterocycles. The standard InChI is InChI=1S/C29H58I2/c1-3-5-7-9-11-13-15-17-19-21-23-25-29(27-30,28-31)26-24-22-20-18-16-14-12-10-8-6-4-2/h3-28H2,1-2H3. The number of alkyl halides is 2. The van der Waals surface area contributed by atoms with Crippen LogP contribution in [0.2, 0.25) is 0 Å². The highest BCUT2D eigenvalue weighted by atomic mass is 127. The molecule has 0 aliphatic rings. The minimum Gasteiger partial charge on any atom is -0.0857 e. The van der Waals surface area contributed by atoms with Gasteiger partial charge in [0.15, 0.2) is 0 Å². The SMILES string of the molecule is CCCCCCCCCCCCCC(CI)(CI)CCCCCCCCCCCCC. The Morgan fingerprint density at radius 1 is 0.355 bits per heavy atom. The van der Waals surface area contributed by atoms with E-state index < -0.39 is 0 Å². The monoisotopic (exact) mass is 660 g/mol. The molecule has 2 heteroatoms. The Kier molecular flexibility index (Phi) is 27.3. The number of hydrogen-bond acceptors (Lipinski definition) is 0. The van der Waals surface area contributed by atoms with Crippen molar-refractivity contribution in [3.05, 3.63) is 0 Å². The normalized spacial score (nSPS) is 12.0. The molecule has 0 N–H and O–H groups in total. The maximum atomic E-state index is 2.68. The van der Waals surface area contributed by atoms with Gasteiger partial charge < -0.3 is 0 Å². The van der Waals surface area contributed by atoms with Crippen molar-refractivity contribution in [2.45, 2.75) is 168 Å². The van der Waals surface area contributed by atoms with Crippen molar-refractivity contribution in [1.29, 1.82) is 0 Å². The van der Waals surface area contributed by atoms with Gasteiger partial charge >= 0.3 is 0 Å². The second-order valence-electron chi connectivity index (χ2n) is 10.3. The van der Waals surface area contributed by atoms with Crippen molar-refractivity contribution in [1.82, 2.24) is 0 Å². The van der Waals surface area contributed by atoms with Gasteiger partial charge in [-0.1, -0.05) is 200 Å². The molecule has 0 aromatic carbocycles. The second kappa shape index (κ2) is 26.1. The third kappa shape index (κ3) is 21.7. The number of hydrogen-bond donors (Lipinski definition) is 0. The fraction of sp³-hybridized carbons (Fsp3) is 1.00. The van der Waals surface area contributed by atoms with Crippen molar-refractivity contribution in [3.8, 4) is 0 Å². The lowest BCUT2D eigenvalue weighted by molar-refractivity contribution is 0.306. The van der Waals surface area contributed by atoms with Gasteiger partial charge in [0.1, 0.15) is 0 Å². The Hall–Kier alpha value is 1.46. The molecule has 0 saturated heterocycles. The van der Waals surface area contributed by atoms with Crippen LogP contribution in [-0.2, 0) is 0 Å². The van der Waals surface area contributed by atoms with Gasteiger partial charge in [0, 0.05) is 8.86 Å². The van der Waals surface area contributed by atoms with Crippen LogP contribution in [0.3, 0.4) is 0 Å². The van der Waals surface area contributed by atoms with Gasteiger partial charge in [-0.25, -0.2) is 0 Å². The fourth-order valence-corrected chi connectivity index (χ4v) is 7.85. The molecule has 0 bridgehead atoms. The summed E-state index contributed by atoms with van der Waals surface area (Å²) in [5, 5.41) is 0. The number of rotatable bonds is 26. The first-order chi connectivity index (χ1) is 15.2. The van der Waals surface area contributed by atoms with Gasteiger partial charge in [0.25, 0.3) is 0 Å². The highest BCUT2D eigenvalue weighted by Crippen LogP contribution is 2.36. The van der Waals surface area contributed by atoms with Crippen molar-refractivity contribution in [3.63, 3.8) is 0 Å². The Morgan fingerprint density at radius 2 is 0.581 bits per heavy atom. The minimum absolute atomic E-state index is 0.639. The average molecular weight is 661 g/mol. The van der Waals surface area contributed by atoms with E-state index in [4.69, 9.17) is 0 Å². The summed E-state index contributed by atoms with van der Waals surface area (Å²) in [5.74, 6) is 0. The van der Waals surface area contributed by atoms with E-state index >= 15 is 0 Å². The summed E-state index contributed by atoms with van der Waals surface area (Å²) in [5.41, 5.74) is 0.639. The molecule has 0 heterocycles. The van der Waals surface area contributed by atoms with Crippen molar-refractivity contribution < 1.29 is 0 Å². The van der Waals surface area contributed by atoms with Gasteiger partial charge in [-0.2, -0.15) is 0 Å². The van der Waals surface area contributed by atoms with Gasteiger partial charge in [0.2, 0.25) is 0 Å². The average Bonchev–Trinajstić information content (AvgIpc) is 2.79. The molecule has 0 rings (SSSR count). The predicted molar refractivity (Wildman–Crippen MR) is 162 cm³/mol. The first-order valence-corrected chi connectivity index (χ1v) is 17.4. The van der Waals surface area contributed by atoms with Crippen molar-refractivity contribution >= 4 is 45.2 Å². The Balaban J connectivity index is 3.61. The van der Waals surface area contributed by atoms with E-state index in [1.165, 1.54) is 163 Å². The number of halogens is 2. The van der Waals surface area contributed by atoms with E-state index in [1.807, 2.05) is 0 Å². The molecular formula is C29H58I2. The molecule has 0 unspecified atom stereocenters. The molecule has 0 aliphatic carbocycles. The lowest BCUT2D eigenvalue weighted by Gasteiger charge is -2.30. The van der Waals surface area contributed by atoms with E-state index in [9.17, 15) is 0 Å². The van der Waals surface area contributed by atoms with E-state index in [0.29, 0.717) is 5.41 Å². The lowest BCUT2D eigenvalue weighted by Crippen LogP contribution is -2.24. The minimum atomic E-state index is 0.639. The maximum absolute atomic E-state index is 2.68. The van der Waals surface area contributed by atoms with Crippen LogP contribution in [0.1, 0.15) is 168 Å². The van der Waals surface area contributed by atoms with Crippen LogP contribution in [0.4, 0.5) is 0 Å². The summed E-state index contributed by atoms with van der Waals surface area (Å²) >= 11 is 5.37. The third-order valence-corrected chi connectivity index (χ3v) is 10.4. The summed E-state index contributed by atoms with van der Waals surface area (Å²) in [6.07, 6.45) is 35.1.